The summed E-state index contributed by atoms with van der Waals surface area (Å²) in [6.07, 6.45) is 2.98. The molecule has 0 saturated carbocycles. The van der Waals surface area contributed by atoms with Crippen molar-refractivity contribution in [3.05, 3.63) is 66.1 Å². The molecule has 1 aliphatic heterocycles. The summed E-state index contributed by atoms with van der Waals surface area (Å²) in [5, 5.41) is 3.23. The SMILES string of the molecule is COc1ccc(CCC(=O)N2CCN(c3cc(Nc4ccccn4)nc(C)n3)CC2)cc1. The topological polar surface area (TPSA) is 83.5 Å². The zero-order valence-electron chi connectivity index (χ0n) is 18.5. The second-order valence-electron chi connectivity index (χ2n) is 7.71. The Morgan fingerprint density at radius 2 is 1.81 bits per heavy atom. The number of amides is 1. The van der Waals surface area contributed by atoms with Crippen molar-refractivity contribution < 1.29 is 9.53 Å². The Bertz CT molecular complexity index is 1030. The normalized spacial score (nSPS) is 13.7. The lowest BCUT2D eigenvalue weighted by atomic mass is 10.1. The van der Waals surface area contributed by atoms with Crippen molar-refractivity contribution in [2.75, 3.05) is 43.5 Å². The van der Waals surface area contributed by atoms with Crippen molar-refractivity contribution in [1.82, 2.24) is 19.9 Å². The van der Waals surface area contributed by atoms with Crippen LogP contribution in [0.1, 0.15) is 17.8 Å². The molecule has 0 aliphatic carbocycles. The molecule has 8 heteroatoms. The van der Waals surface area contributed by atoms with Crippen LogP contribution in [0, 0.1) is 6.92 Å². The van der Waals surface area contributed by atoms with Gasteiger partial charge in [0.1, 0.15) is 29.0 Å². The summed E-state index contributed by atoms with van der Waals surface area (Å²) in [7, 11) is 1.65. The molecule has 0 radical (unpaired) electrons. The number of aromatic nitrogens is 3. The second kappa shape index (κ2) is 10.1. The van der Waals surface area contributed by atoms with E-state index < -0.39 is 0 Å². The monoisotopic (exact) mass is 432 g/mol. The molecule has 0 bridgehead atoms. The first-order chi connectivity index (χ1) is 15.6. The van der Waals surface area contributed by atoms with Crippen molar-refractivity contribution in [3.8, 4) is 5.75 Å². The van der Waals surface area contributed by atoms with Crippen molar-refractivity contribution in [3.63, 3.8) is 0 Å². The molecule has 32 heavy (non-hydrogen) atoms. The Balaban J connectivity index is 1.31. The maximum atomic E-state index is 12.7. The second-order valence-corrected chi connectivity index (χ2v) is 7.71. The highest BCUT2D eigenvalue weighted by atomic mass is 16.5. The number of pyridine rings is 1. The quantitative estimate of drug-likeness (QED) is 0.614. The lowest BCUT2D eigenvalue weighted by molar-refractivity contribution is -0.131. The van der Waals surface area contributed by atoms with Crippen molar-refractivity contribution >= 4 is 23.4 Å². The van der Waals surface area contributed by atoms with E-state index in [4.69, 9.17) is 4.74 Å². The number of hydrogen-bond acceptors (Lipinski definition) is 7. The minimum absolute atomic E-state index is 0.192. The predicted octanol–water partition coefficient (Wildman–Crippen LogP) is 3.21. The average molecular weight is 433 g/mol. The first kappa shape index (κ1) is 21.5. The van der Waals surface area contributed by atoms with E-state index in [1.807, 2.05) is 60.4 Å². The first-order valence-electron chi connectivity index (χ1n) is 10.8. The third kappa shape index (κ3) is 5.51. The number of carbonyl (C=O) groups excluding carboxylic acids is 1. The third-order valence-electron chi connectivity index (χ3n) is 5.49. The van der Waals surface area contributed by atoms with Gasteiger partial charge in [-0.25, -0.2) is 15.0 Å². The molecule has 8 nitrogen and oxygen atoms in total. The molecule has 4 rings (SSSR count). The number of anilines is 3. The van der Waals surface area contributed by atoms with E-state index in [1.54, 1.807) is 13.3 Å². The summed E-state index contributed by atoms with van der Waals surface area (Å²) in [5.74, 6) is 4.03. The number of piperazine rings is 1. The van der Waals surface area contributed by atoms with Crippen LogP contribution in [0.3, 0.4) is 0 Å². The number of aryl methyl sites for hydroxylation is 2. The number of nitrogens with zero attached hydrogens (tertiary/aromatic N) is 5. The van der Waals surface area contributed by atoms with Gasteiger partial charge in [-0.05, 0) is 43.2 Å². The highest BCUT2D eigenvalue weighted by molar-refractivity contribution is 5.76. The van der Waals surface area contributed by atoms with Crippen LogP contribution in [-0.2, 0) is 11.2 Å². The van der Waals surface area contributed by atoms with Gasteiger partial charge in [0.2, 0.25) is 5.91 Å². The summed E-state index contributed by atoms with van der Waals surface area (Å²) >= 11 is 0. The highest BCUT2D eigenvalue weighted by Crippen LogP contribution is 2.20. The highest BCUT2D eigenvalue weighted by Gasteiger charge is 2.22. The summed E-state index contributed by atoms with van der Waals surface area (Å²) in [6.45, 7) is 4.74. The van der Waals surface area contributed by atoms with E-state index in [2.05, 4.69) is 25.2 Å². The number of rotatable bonds is 7. The third-order valence-corrected chi connectivity index (χ3v) is 5.49. The van der Waals surface area contributed by atoms with E-state index in [0.29, 0.717) is 31.2 Å². The fraction of sp³-hybridized carbons (Fsp3) is 0.333. The molecule has 2 aromatic heterocycles. The fourth-order valence-corrected chi connectivity index (χ4v) is 3.73. The largest absolute Gasteiger partial charge is 0.497 e. The number of ether oxygens (including phenoxy) is 1. The van der Waals surface area contributed by atoms with Crippen LogP contribution in [0.5, 0.6) is 5.75 Å². The van der Waals surface area contributed by atoms with E-state index in [0.717, 1.165) is 42.5 Å². The number of nitrogens with one attached hydrogen (secondary N) is 1. The van der Waals surface area contributed by atoms with Gasteiger partial charge in [0.15, 0.2) is 0 Å². The Labute approximate surface area is 188 Å². The van der Waals surface area contributed by atoms with Gasteiger partial charge in [-0.15, -0.1) is 0 Å². The zero-order valence-corrected chi connectivity index (χ0v) is 18.5. The standard InChI is InChI=1S/C24H28N6O2/c1-18-26-22(28-21-5-3-4-12-25-21)17-23(27-18)29-13-15-30(16-14-29)24(31)11-8-19-6-9-20(32-2)10-7-19/h3-7,9-10,12,17H,8,11,13-16H2,1-2H3,(H,25,26,27,28). The molecule has 1 N–H and O–H groups in total. The van der Waals surface area contributed by atoms with Crippen LogP contribution in [0.2, 0.25) is 0 Å². The van der Waals surface area contributed by atoms with Crippen molar-refractivity contribution in [2.45, 2.75) is 19.8 Å². The summed E-state index contributed by atoms with van der Waals surface area (Å²) in [4.78, 5) is 30.2. The summed E-state index contributed by atoms with van der Waals surface area (Å²) in [6, 6.07) is 15.5. The molecule has 1 saturated heterocycles. The molecule has 3 aromatic rings. The Morgan fingerprint density at radius 1 is 1.03 bits per heavy atom. The van der Waals surface area contributed by atoms with Crippen molar-refractivity contribution in [2.24, 2.45) is 0 Å². The maximum Gasteiger partial charge on any atom is 0.223 e. The van der Waals surface area contributed by atoms with Crippen LogP contribution in [0.4, 0.5) is 17.5 Å². The summed E-state index contributed by atoms with van der Waals surface area (Å²) < 4.78 is 5.18. The molecule has 1 aromatic carbocycles. The summed E-state index contributed by atoms with van der Waals surface area (Å²) in [5.41, 5.74) is 1.14. The molecule has 1 aliphatic rings. The first-order valence-corrected chi connectivity index (χ1v) is 10.8. The predicted molar refractivity (Wildman–Crippen MR) is 124 cm³/mol. The molecule has 1 amide bonds. The molecular formula is C24H28N6O2. The van der Waals surface area contributed by atoms with E-state index in [9.17, 15) is 4.79 Å². The van der Waals surface area contributed by atoms with Gasteiger partial charge in [-0.2, -0.15) is 0 Å². The molecule has 1 fully saturated rings. The lowest BCUT2D eigenvalue weighted by Crippen LogP contribution is -2.49. The van der Waals surface area contributed by atoms with Gasteiger partial charge in [0, 0.05) is 44.9 Å². The van der Waals surface area contributed by atoms with E-state index >= 15 is 0 Å². The Hall–Kier alpha value is -3.68. The fourth-order valence-electron chi connectivity index (χ4n) is 3.73. The van der Waals surface area contributed by atoms with Gasteiger partial charge in [-0.3, -0.25) is 4.79 Å². The van der Waals surface area contributed by atoms with Crippen LogP contribution in [0.25, 0.3) is 0 Å². The lowest BCUT2D eigenvalue weighted by Gasteiger charge is -2.35. The van der Waals surface area contributed by atoms with Crippen LogP contribution < -0.4 is 15.0 Å². The number of hydrogen-bond donors (Lipinski definition) is 1. The van der Waals surface area contributed by atoms with Crippen LogP contribution in [-0.4, -0.2) is 59.0 Å². The maximum absolute atomic E-state index is 12.7. The van der Waals surface area contributed by atoms with E-state index in [-0.39, 0.29) is 5.91 Å². The van der Waals surface area contributed by atoms with Gasteiger partial charge in [0.05, 0.1) is 7.11 Å². The van der Waals surface area contributed by atoms with Gasteiger partial charge in [0.25, 0.3) is 0 Å². The minimum atomic E-state index is 0.192. The minimum Gasteiger partial charge on any atom is -0.497 e. The molecule has 0 spiro atoms. The zero-order chi connectivity index (χ0) is 22.3. The number of methoxy groups -OCH3 is 1. The van der Waals surface area contributed by atoms with Crippen molar-refractivity contribution in [1.29, 1.82) is 0 Å². The molecule has 166 valence electrons. The molecular weight excluding hydrogens is 404 g/mol. The number of carbonyl (C=O) groups is 1. The molecule has 3 heterocycles. The van der Waals surface area contributed by atoms with Crippen LogP contribution >= 0.6 is 0 Å². The van der Waals surface area contributed by atoms with E-state index in [1.165, 1.54) is 0 Å². The van der Waals surface area contributed by atoms with Gasteiger partial charge < -0.3 is 19.9 Å². The number of benzene rings is 1. The van der Waals surface area contributed by atoms with Gasteiger partial charge >= 0.3 is 0 Å². The Kier molecular flexibility index (Phi) is 6.79. The molecule has 0 unspecified atom stereocenters. The smallest absolute Gasteiger partial charge is 0.223 e. The van der Waals surface area contributed by atoms with Gasteiger partial charge in [-0.1, -0.05) is 18.2 Å². The Morgan fingerprint density at radius 3 is 2.50 bits per heavy atom. The van der Waals surface area contributed by atoms with Crippen LogP contribution in [0.15, 0.2) is 54.7 Å². The molecule has 0 atom stereocenters. The average Bonchev–Trinajstić information content (AvgIpc) is 2.83.